The SMILES string of the molecule is O=c1ncc(-c2ncc[nH]2)c(Cc2ccc3c(c2)OCO3)[nH]1. The first kappa shape index (κ1) is 12.6. The van der Waals surface area contributed by atoms with Crippen LogP contribution in [0, 0.1) is 0 Å². The molecule has 2 aromatic heterocycles. The molecule has 0 radical (unpaired) electrons. The first-order chi connectivity index (χ1) is 10.8. The molecule has 0 unspecified atom stereocenters. The standard InChI is InChI=1S/C15H12N4O3/c20-15-18-7-10(14-16-3-4-17-14)11(19-15)5-9-1-2-12-13(6-9)22-8-21-12/h1-4,6-7H,5,8H2,(H,16,17)(H,18,19,20). The van der Waals surface area contributed by atoms with Crippen LogP contribution < -0.4 is 15.2 Å². The van der Waals surface area contributed by atoms with Crippen molar-refractivity contribution in [3.63, 3.8) is 0 Å². The minimum Gasteiger partial charge on any atom is -0.454 e. The first-order valence-corrected chi connectivity index (χ1v) is 6.76. The van der Waals surface area contributed by atoms with Gasteiger partial charge in [0, 0.05) is 30.7 Å². The van der Waals surface area contributed by atoms with Crippen molar-refractivity contribution in [2.75, 3.05) is 6.79 Å². The molecule has 0 fully saturated rings. The van der Waals surface area contributed by atoms with E-state index in [1.165, 1.54) is 6.20 Å². The molecule has 110 valence electrons. The Morgan fingerprint density at radius 1 is 1.18 bits per heavy atom. The van der Waals surface area contributed by atoms with Crippen LogP contribution in [0.2, 0.25) is 0 Å². The topological polar surface area (TPSA) is 92.9 Å². The van der Waals surface area contributed by atoms with Crippen molar-refractivity contribution >= 4 is 0 Å². The van der Waals surface area contributed by atoms with Crippen molar-refractivity contribution in [3.05, 3.63) is 58.5 Å². The van der Waals surface area contributed by atoms with E-state index in [0.29, 0.717) is 18.0 Å². The van der Waals surface area contributed by atoms with Gasteiger partial charge in [-0.3, -0.25) is 0 Å². The molecule has 22 heavy (non-hydrogen) atoms. The van der Waals surface area contributed by atoms with Crippen molar-refractivity contribution in [2.24, 2.45) is 0 Å². The lowest BCUT2D eigenvalue weighted by atomic mass is 10.1. The highest BCUT2D eigenvalue weighted by Crippen LogP contribution is 2.33. The van der Waals surface area contributed by atoms with Crippen LogP contribution in [0.3, 0.4) is 0 Å². The van der Waals surface area contributed by atoms with Gasteiger partial charge in [0.15, 0.2) is 11.5 Å². The van der Waals surface area contributed by atoms with Crippen molar-refractivity contribution in [1.29, 1.82) is 0 Å². The number of benzene rings is 1. The van der Waals surface area contributed by atoms with E-state index in [0.717, 1.165) is 22.6 Å². The van der Waals surface area contributed by atoms with Crippen molar-refractivity contribution in [3.8, 4) is 22.9 Å². The number of aromatic nitrogens is 4. The fourth-order valence-corrected chi connectivity index (χ4v) is 2.44. The van der Waals surface area contributed by atoms with E-state index in [1.54, 1.807) is 12.4 Å². The Kier molecular flexibility index (Phi) is 2.89. The van der Waals surface area contributed by atoms with Crippen molar-refractivity contribution in [2.45, 2.75) is 6.42 Å². The Morgan fingerprint density at radius 3 is 2.95 bits per heavy atom. The van der Waals surface area contributed by atoms with Crippen LogP contribution in [0.15, 0.2) is 41.6 Å². The number of ether oxygens (including phenoxy) is 2. The number of aromatic amines is 2. The zero-order chi connectivity index (χ0) is 14.9. The maximum Gasteiger partial charge on any atom is 0.345 e. The summed E-state index contributed by atoms with van der Waals surface area (Å²) in [5, 5.41) is 0. The Hall–Kier alpha value is -3.09. The predicted molar refractivity (Wildman–Crippen MR) is 77.8 cm³/mol. The lowest BCUT2D eigenvalue weighted by Crippen LogP contribution is -2.14. The smallest absolute Gasteiger partial charge is 0.345 e. The number of hydrogen-bond acceptors (Lipinski definition) is 5. The van der Waals surface area contributed by atoms with Crippen LogP contribution in [0.5, 0.6) is 11.5 Å². The van der Waals surface area contributed by atoms with Gasteiger partial charge in [0.2, 0.25) is 6.79 Å². The highest BCUT2D eigenvalue weighted by atomic mass is 16.7. The molecule has 0 spiro atoms. The van der Waals surface area contributed by atoms with E-state index in [9.17, 15) is 4.79 Å². The van der Waals surface area contributed by atoms with Crippen molar-refractivity contribution in [1.82, 2.24) is 19.9 Å². The molecule has 0 saturated heterocycles. The average molecular weight is 296 g/mol. The van der Waals surface area contributed by atoms with E-state index in [4.69, 9.17) is 9.47 Å². The molecular weight excluding hydrogens is 284 g/mol. The van der Waals surface area contributed by atoms with E-state index in [2.05, 4.69) is 19.9 Å². The molecule has 2 N–H and O–H groups in total. The predicted octanol–water partition coefficient (Wildman–Crippen LogP) is 1.48. The summed E-state index contributed by atoms with van der Waals surface area (Å²) in [5.41, 5.74) is 2.13. The van der Waals surface area contributed by atoms with Gasteiger partial charge in [0.05, 0.1) is 5.56 Å². The van der Waals surface area contributed by atoms with Crippen LogP contribution in [-0.4, -0.2) is 26.7 Å². The van der Waals surface area contributed by atoms with Crippen LogP contribution in [0.1, 0.15) is 11.3 Å². The van der Waals surface area contributed by atoms with Gasteiger partial charge >= 0.3 is 5.69 Å². The molecule has 7 heteroatoms. The van der Waals surface area contributed by atoms with E-state index in [-0.39, 0.29) is 12.5 Å². The Morgan fingerprint density at radius 2 is 2.09 bits per heavy atom. The number of nitrogens with one attached hydrogen (secondary N) is 2. The van der Waals surface area contributed by atoms with Gasteiger partial charge < -0.3 is 19.4 Å². The van der Waals surface area contributed by atoms with Gasteiger partial charge in [-0.25, -0.2) is 14.8 Å². The minimum atomic E-state index is -0.383. The second-order valence-electron chi connectivity index (χ2n) is 4.88. The van der Waals surface area contributed by atoms with Crippen LogP contribution in [0.4, 0.5) is 0 Å². The lowest BCUT2D eigenvalue weighted by molar-refractivity contribution is 0.174. The number of hydrogen-bond donors (Lipinski definition) is 2. The summed E-state index contributed by atoms with van der Waals surface area (Å²) in [7, 11) is 0. The van der Waals surface area contributed by atoms with Gasteiger partial charge in [0.1, 0.15) is 5.82 Å². The molecular formula is C15H12N4O3. The number of imidazole rings is 1. The van der Waals surface area contributed by atoms with Crippen LogP contribution >= 0.6 is 0 Å². The maximum atomic E-state index is 11.5. The fraction of sp³-hybridized carbons (Fsp3) is 0.133. The maximum absolute atomic E-state index is 11.5. The quantitative estimate of drug-likeness (QED) is 0.763. The van der Waals surface area contributed by atoms with Gasteiger partial charge in [-0.15, -0.1) is 0 Å². The van der Waals surface area contributed by atoms with Gasteiger partial charge in [-0.2, -0.15) is 0 Å². The number of nitrogens with zero attached hydrogens (tertiary/aromatic N) is 2. The van der Waals surface area contributed by atoms with Crippen LogP contribution in [-0.2, 0) is 6.42 Å². The molecule has 1 aliphatic rings. The summed E-state index contributed by atoms with van der Waals surface area (Å²) in [6, 6.07) is 5.72. The zero-order valence-electron chi connectivity index (χ0n) is 11.5. The van der Waals surface area contributed by atoms with Crippen molar-refractivity contribution < 1.29 is 9.47 Å². The van der Waals surface area contributed by atoms with Gasteiger partial charge in [-0.05, 0) is 17.7 Å². The third-order valence-electron chi connectivity index (χ3n) is 3.47. The first-order valence-electron chi connectivity index (χ1n) is 6.76. The summed E-state index contributed by atoms with van der Waals surface area (Å²) in [6.45, 7) is 0.239. The van der Waals surface area contributed by atoms with Gasteiger partial charge in [-0.1, -0.05) is 6.07 Å². The Labute approximate surface area is 125 Å². The third kappa shape index (κ3) is 2.22. The molecule has 1 aliphatic heterocycles. The highest BCUT2D eigenvalue weighted by molar-refractivity contribution is 5.57. The molecule has 3 aromatic rings. The molecule has 4 rings (SSSR count). The minimum absolute atomic E-state index is 0.239. The molecule has 0 aliphatic carbocycles. The summed E-state index contributed by atoms with van der Waals surface area (Å²) >= 11 is 0. The molecule has 0 atom stereocenters. The normalized spacial score (nSPS) is 12.5. The molecule has 7 nitrogen and oxygen atoms in total. The molecule has 0 bridgehead atoms. The van der Waals surface area contributed by atoms with E-state index >= 15 is 0 Å². The molecule has 3 heterocycles. The summed E-state index contributed by atoms with van der Waals surface area (Å²) < 4.78 is 10.7. The number of fused-ring (bicyclic) bond motifs is 1. The second kappa shape index (κ2) is 5.03. The molecule has 0 amide bonds. The highest BCUT2D eigenvalue weighted by Gasteiger charge is 2.15. The molecule has 0 saturated carbocycles. The molecule has 1 aromatic carbocycles. The third-order valence-corrected chi connectivity index (χ3v) is 3.47. The average Bonchev–Trinajstić information content (AvgIpc) is 3.18. The Bertz CT molecular complexity index is 871. The van der Waals surface area contributed by atoms with E-state index < -0.39 is 0 Å². The van der Waals surface area contributed by atoms with E-state index in [1.807, 2.05) is 18.2 Å². The second-order valence-corrected chi connectivity index (χ2v) is 4.88. The monoisotopic (exact) mass is 296 g/mol. The summed E-state index contributed by atoms with van der Waals surface area (Å²) in [4.78, 5) is 25.3. The summed E-state index contributed by atoms with van der Waals surface area (Å²) in [5.74, 6) is 2.12. The fourth-order valence-electron chi connectivity index (χ4n) is 2.44. The number of H-pyrrole nitrogens is 2. The largest absolute Gasteiger partial charge is 0.454 e. The number of rotatable bonds is 3. The zero-order valence-corrected chi connectivity index (χ0v) is 11.5. The van der Waals surface area contributed by atoms with Gasteiger partial charge in [0.25, 0.3) is 0 Å². The lowest BCUT2D eigenvalue weighted by Gasteiger charge is -2.07. The Balaban J connectivity index is 1.73. The van der Waals surface area contributed by atoms with Crippen LogP contribution in [0.25, 0.3) is 11.4 Å². The summed E-state index contributed by atoms with van der Waals surface area (Å²) in [6.07, 6.45) is 5.44.